The van der Waals surface area contributed by atoms with Crippen LogP contribution in [0.3, 0.4) is 0 Å². The average Bonchev–Trinajstić information content (AvgIpc) is 2.33. The molecule has 2 nitrogen and oxygen atoms in total. The van der Waals surface area contributed by atoms with Gasteiger partial charge >= 0.3 is 0 Å². The minimum absolute atomic E-state index is 0.343. The van der Waals surface area contributed by atoms with Gasteiger partial charge in [0.25, 0.3) is 0 Å². The molecule has 0 aromatic rings. The molecular formula is C9H18ClNO. The molecule has 0 saturated carbocycles. The lowest BCUT2D eigenvalue weighted by Gasteiger charge is -2.21. The van der Waals surface area contributed by atoms with Crippen molar-refractivity contribution >= 4 is 11.6 Å². The molecular weight excluding hydrogens is 174 g/mol. The molecule has 1 N–H and O–H groups in total. The lowest BCUT2D eigenvalue weighted by atomic mass is 10.2. The van der Waals surface area contributed by atoms with E-state index in [0.717, 1.165) is 19.6 Å². The molecule has 12 heavy (non-hydrogen) atoms. The summed E-state index contributed by atoms with van der Waals surface area (Å²) in [5.41, 5.74) is 0. The largest absolute Gasteiger partial charge is 0.391 e. The Balaban J connectivity index is 2.20. The van der Waals surface area contributed by atoms with Crippen LogP contribution in [-0.4, -0.2) is 41.6 Å². The normalized spacial score (nSPS) is 23.5. The second-order valence-electron chi connectivity index (χ2n) is 3.52. The van der Waals surface area contributed by atoms with Crippen LogP contribution >= 0.6 is 11.6 Å². The van der Waals surface area contributed by atoms with Gasteiger partial charge in [-0.15, -0.1) is 11.6 Å². The summed E-state index contributed by atoms with van der Waals surface area (Å²) in [5.74, 6) is 0.358. The van der Waals surface area contributed by atoms with E-state index in [0.29, 0.717) is 5.88 Å². The molecule has 1 atom stereocenters. The van der Waals surface area contributed by atoms with Crippen molar-refractivity contribution in [1.82, 2.24) is 4.90 Å². The second kappa shape index (κ2) is 5.79. The maximum atomic E-state index is 9.33. The molecule has 0 radical (unpaired) electrons. The SMILES string of the molecule is OC(CCl)CN1CCCCCC1. The molecule has 1 saturated heterocycles. The molecule has 1 aliphatic heterocycles. The minimum atomic E-state index is -0.343. The fraction of sp³-hybridized carbons (Fsp3) is 1.00. The number of nitrogens with zero attached hydrogens (tertiary/aromatic N) is 1. The Hall–Kier alpha value is 0.210. The zero-order chi connectivity index (χ0) is 8.81. The van der Waals surface area contributed by atoms with Gasteiger partial charge in [0.1, 0.15) is 0 Å². The summed E-state index contributed by atoms with van der Waals surface area (Å²) >= 11 is 5.54. The number of hydrogen-bond acceptors (Lipinski definition) is 2. The van der Waals surface area contributed by atoms with Gasteiger partial charge in [-0.2, -0.15) is 0 Å². The number of rotatable bonds is 3. The Kier molecular flexibility index (Phi) is 4.96. The maximum Gasteiger partial charge on any atom is 0.0802 e. The van der Waals surface area contributed by atoms with E-state index in [4.69, 9.17) is 11.6 Å². The van der Waals surface area contributed by atoms with Crippen LogP contribution in [0, 0.1) is 0 Å². The van der Waals surface area contributed by atoms with E-state index in [1.807, 2.05) is 0 Å². The van der Waals surface area contributed by atoms with Crippen molar-refractivity contribution < 1.29 is 5.11 Å². The van der Waals surface area contributed by atoms with E-state index < -0.39 is 0 Å². The lowest BCUT2D eigenvalue weighted by Crippen LogP contribution is -2.33. The first-order valence-electron chi connectivity index (χ1n) is 4.79. The number of alkyl halides is 1. The van der Waals surface area contributed by atoms with Crippen molar-refractivity contribution in [2.45, 2.75) is 31.8 Å². The van der Waals surface area contributed by atoms with Crippen LogP contribution in [-0.2, 0) is 0 Å². The van der Waals surface area contributed by atoms with Crippen molar-refractivity contribution in [2.24, 2.45) is 0 Å². The zero-order valence-electron chi connectivity index (χ0n) is 7.51. The molecule has 0 spiro atoms. The van der Waals surface area contributed by atoms with E-state index in [1.54, 1.807) is 0 Å². The van der Waals surface area contributed by atoms with Crippen molar-refractivity contribution in [2.75, 3.05) is 25.5 Å². The average molecular weight is 192 g/mol. The fourth-order valence-corrected chi connectivity index (χ4v) is 1.76. The molecule has 72 valence electrons. The van der Waals surface area contributed by atoms with Gasteiger partial charge in [-0.25, -0.2) is 0 Å². The third-order valence-electron chi connectivity index (χ3n) is 2.35. The van der Waals surface area contributed by atoms with Crippen molar-refractivity contribution in [1.29, 1.82) is 0 Å². The van der Waals surface area contributed by atoms with Gasteiger partial charge in [-0.1, -0.05) is 12.8 Å². The van der Waals surface area contributed by atoms with Gasteiger partial charge in [0.15, 0.2) is 0 Å². The highest BCUT2D eigenvalue weighted by Gasteiger charge is 2.12. The number of aliphatic hydroxyl groups is 1. The Morgan fingerprint density at radius 3 is 2.25 bits per heavy atom. The number of β-amino-alcohol motifs (C(OH)–C–C–N with tert-alkyl or cyclic N) is 1. The monoisotopic (exact) mass is 191 g/mol. The first-order chi connectivity index (χ1) is 5.83. The molecule has 1 heterocycles. The summed E-state index contributed by atoms with van der Waals surface area (Å²) in [6.07, 6.45) is 4.88. The predicted octanol–water partition coefficient (Wildman–Crippen LogP) is 1.46. The predicted molar refractivity (Wildman–Crippen MR) is 51.6 cm³/mol. The summed E-state index contributed by atoms with van der Waals surface area (Å²) in [6.45, 7) is 3.02. The van der Waals surface area contributed by atoms with Gasteiger partial charge in [0.2, 0.25) is 0 Å². The summed E-state index contributed by atoms with van der Waals surface area (Å²) in [6, 6.07) is 0. The summed E-state index contributed by atoms with van der Waals surface area (Å²) in [7, 11) is 0. The first-order valence-corrected chi connectivity index (χ1v) is 5.33. The van der Waals surface area contributed by atoms with Gasteiger partial charge in [-0.3, -0.25) is 0 Å². The van der Waals surface area contributed by atoms with Gasteiger partial charge < -0.3 is 10.0 Å². The number of hydrogen-bond donors (Lipinski definition) is 1. The van der Waals surface area contributed by atoms with E-state index in [-0.39, 0.29) is 6.10 Å². The topological polar surface area (TPSA) is 23.5 Å². The Morgan fingerprint density at radius 2 is 1.75 bits per heavy atom. The third-order valence-corrected chi connectivity index (χ3v) is 2.70. The van der Waals surface area contributed by atoms with Gasteiger partial charge in [0, 0.05) is 12.4 Å². The van der Waals surface area contributed by atoms with Crippen LogP contribution in [0.25, 0.3) is 0 Å². The first kappa shape index (κ1) is 10.3. The fourth-order valence-electron chi connectivity index (χ4n) is 1.67. The van der Waals surface area contributed by atoms with E-state index in [2.05, 4.69) is 4.90 Å². The Bertz CT molecular complexity index is 113. The second-order valence-corrected chi connectivity index (χ2v) is 3.83. The Morgan fingerprint density at radius 1 is 1.17 bits per heavy atom. The van der Waals surface area contributed by atoms with Crippen LogP contribution in [0.1, 0.15) is 25.7 Å². The van der Waals surface area contributed by atoms with Crippen LogP contribution in [0.5, 0.6) is 0 Å². The molecule has 0 bridgehead atoms. The number of aliphatic hydroxyl groups excluding tert-OH is 1. The maximum absolute atomic E-state index is 9.33. The van der Waals surface area contributed by atoms with Crippen molar-refractivity contribution in [3.8, 4) is 0 Å². The molecule has 3 heteroatoms. The molecule has 0 aromatic heterocycles. The van der Waals surface area contributed by atoms with Crippen molar-refractivity contribution in [3.05, 3.63) is 0 Å². The highest BCUT2D eigenvalue weighted by atomic mass is 35.5. The summed E-state index contributed by atoms with van der Waals surface area (Å²) in [4.78, 5) is 2.32. The van der Waals surface area contributed by atoms with E-state index in [9.17, 15) is 5.11 Å². The van der Waals surface area contributed by atoms with Gasteiger partial charge in [0.05, 0.1) is 6.10 Å². The van der Waals surface area contributed by atoms with Crippen LogP contribution in [0.15, 0.2) is 0 Å². The van der Waals surface area contributed by atoms with E-state index in [1.165, 1.54) is 25.7 Å². The molecule has 0 aliphatic carbocycles. The summed E-state index contributed by atoms with van der Waals surface area (Å²) in [5, 5.41) is 9.33. The minimum Gasteiger partial charge on any atom is -0.391 e. The van der Waals surface area contributed by atoms with E-state index >= 15 is 0 Å². The molecule has 0 aromatic carbocycles. The van der Waals surface area contributed by atoms with Crippen LogP contribution in [0.4, 0.5) is 0 Å². The standard InChI is InChI=1S/C9H18ClNO/c10-7-9(12)8-11-5-3-1-2-4-6-11/h9,12H,1-8H2. The van der Waals surface area contributed by atoms with Crippen molar-refractivity contribution in [3.63, 3.8) is 0 Å². The molecule has 1 unspecified atom stereocenters. The highest BCUT2D eigenvalue weighted by Crippen LogP contribution is 2.09. The molecule has 1 aliphatic rings. The lowest BCUT2D eigenvalue weighted by molar-refractivity contribution is 0.131. The summed E-state index contributed by atoms with van der Waals surface area (Å²) < 4.78 is 0. The zero-order valence-corrected chi connectivity index (χ0v) is 8.26. The van der Waals surface area contributed by atoms with Gasteiger partial charge in [-0.05, 0) is 25.9 Å². The number of halogens is 1. The molecule has 1 fully saturated rings. The smallest absolute Gasteiger partial charge is 0.0802 e. The van der Waals surface area contributed by atoms with Crippen LogP contribution in [0.2, 0.25) is 0 Å². The molecule has 1 rings (SSSR count). The Labute approximate surface area is 79.5 Å². The molecule has 0 amide bonds. The highest BCUT2D eigenvalue weighted by molar-refractivity contribution is 6.18. The number of likely N-dealkylation sites (tertiary alicyclic amines) is 1. The van der Waals surface area contributed by atoms with Crippen LogP contribution < -0.4 is 0 Å². The quantitative estimate of drug-likeness (QED) is 0.683. The third kappa shape index (κ3) is 3.74.